The van der Waals surface area contributed by atoms with Crippen LogP contribution in [0.25, 0.3) is 10.9 Å². The van der Waals surface area contributed by atoms with Gasteiger partial charge in [-0.05, 0) is 60.4 Å². The third-order valence-electron chi connectivity index (χ3n) is 7.14. The monoisotopic (exact) mass is 463 g/mol. The first-order valence-corrected chi connectivity index (χ1v) is 11.8. The summed E-state index contributed by atoms with van der Waals surface area (Å²) in [6, 6.07) is 10.3. The minimum atomic E-state index is -0.435. The van der Waals surface area contributed by atoms with Crippen LogP contribution in [0.15, 0.2) is 41.2 Å². The van der Waals surface area contributed by atoms with Crippen molar-refractivity contribution in [1.29, 1.82) is 0 Å². The van der Waals surface area contributed by atoms with Gasteiger partial charge in [-0.15, -0.1) is 0 Å². The molecule has 0 N–H and O–H groups in total. The largest absolute Gasteiger partial charge is 0.465 e. The highest BCUT2D eigenvalue weighted by molar-refractivity contribution is 5.91. The summed E-state index contributed by atoms with van der Waals surface area (Å²) in [7, 11) is 1.37. The third-order valence-corrected chi connectivity index (χ3v) is 7.14. The number of anilines is 1. The van der Waals surface area contributed by atoms with E-state index in [2.05, 4.69) is 4.90 Å². The molecular weight excluding hydrogens is 437 g/mol. The van der Waals surface area contributed by atoms with E-state index >= 15 is 0 Å². The maximum atomic E-state index is 14.8. The topological polar surface area (TPSA) is 73.7 Å². The molecule has 2 saturated carbocycles. The number of ether oxygens (including phenoxy) is 2. The highest BCUT2D eigenvalue weighted by atomic mass is 19.1. The number of fused-ring (bicyclic) bond motifs is 1. The zero-order valence-corrected chi connectivity index (χ0v) is 19.0. The summed E-state index contributed by atoms with van der Waals surface area (Å²) in [6.07, 6.45) is 2.62. The smallest absolute Gasteiger partial charge is 0.338 e. The Morgan fingerprint density at radius 1 is 1.12 bits per heavy atom. The summed E-state index contributed by atoms with van der Waals surface area (Å²) in [5.41, 5.74) is 2.52. The lowest BCUT2D eigenvalue weighted by Crippen LogP contribution is -2.40. The van der Waals surface area contributed by atoms with Gasteiger partial charge in [0.2, 0.25) is 5.95 Å². The molecule has 0 radical (unpaired) electrons. The van der Waals surface area contributed by atoms with Crippen molar-refractivity contribution in [1.82, 2.24) is 9.55 Å². The van der Waals surface area contributed by atoms with Gasteiger partial charge in [0.25, 0.3) is 5.56 Å². The Balaban J connectivity index is 1.47. The van der Waals surface area contributed by atoms with E-state index in [9.17, 15) is 14.0 Å². The van der Waals surface area contributed by atoms with Crippen LogP contribution in [0, 0.1) is 5.82 Å². The van der Waals surface area contributed by atoms with Crippen molar-refractivity contribution in [2.24, 2.45) is 0 Å². The second kappa shape index (κ2) is 8.20. The van der Waals surface area contributed by atoms with Crippen LogP contribution < -0.4 is 10.5 Å². The van der Waals surface area contributed by atoms with Crippen molar-refractivity contribution in [3.8, 4) is 0 Å². The SMILES string of the molecule is COC(=O)c1ccccc1C1CC1c1cc(F)cc2c(=O)n(C3CC3)c(N3CCOCC3)nc12. The van der Waals surface area contributed by atoms with E-state index in [1.165, 1.54) is 19.2 Å². The zero-order valence-electron chi connectivity index (χ0n) is 19.0. The van der Waals surface area contributed by atoms with Gasteiger partial charge < -0.3 is 14.4 Å². The molecule has 2 heterocycles. The average molecular weight is 464 g/mol. The number of rotatable bonds is 5. The minimum Gasteiger partial charge on any atom is -0.465 e. The molecule has 2 atom stereocenters. The fourth-order valence-corrected chi connectivity index (χ4v) is 5.21. The number of morpholine rings is 1. The Morgan fingerprint density at radius 2 is 1.85 bits per heavy atom. The van der Waals surface area contributed by atoms with Gasteiger partial charge in [0, 0.05) is 19.1 Å². The lowest BCUT2D eigenvalue weighted by molar-refractivity contribution is 0.0599. The number of esters is 1. The molecule has 1 aromatic heterocycles. The van der Waals surface area contributed by atoms with Crippen LogP contribution in [0.5, 0.6) is 0 Å². The molecule has 1 saturated heterocycles. The second-order valence-corrected chi connectivity index (χ2v) is 9.34. The fourth-order valence-electron chi connectivity index (χ4n) is 5.21. The lowest BCUT2D eigenvalue weighted by atomic mass is 9.98. The molecule has 176 valence electrons. The predicted octanol–water partition coefficient (Wildman–Crippen LogP) is 3.76. The maximum absolute atomic E-state index is 14.8. The summed E-state index contributed by atoms with van der Waals surface area (Å²) in [5, 5.41) is 0.325. The first-order chi connectivity index (χ1) is 16.6. The number of benzene rings is 2. The van der Waals surface area contributed by atoms with Crippen molar-refractivity contribution in [2.75, 3.05) is 38.3 Å². The van der Waals surface area contributed by atoms with Crippen LogP contribution in [0.3, 0.4) is 0 Å². The van der Waals surface area contributed by atoms with E-state index in [4.69, 9.17) is 14.5 Å². The molecular formula is C26H26FN3O4. The molecule has 34 heavy (non-hydrogen) atoms. The van der Waals surface area contributed by atoms with E-state index < -0.39 is 5.82 Å². The number of hydrogen-bond donors (Lipinski definition) is 0. The third kappa shape index (κ3) is 3.57. The van der Waals surface area contributed by atoms with E-state index in [0.29, 0.717) is 48.7 Å². The van der Waals surface area contributed by atoms with Crippen LogP contribution >= 0.6 is 0 Å². The molecule has 7 nitrogen and oxygen atoms in total. The van der Waals surface area contributed by atoms with Crippen molar-refractivity contribution >= 4 is 22.8 Å². The molecule has 0 amide bonds. The number of hydrogen-bond acceptors (Lipinski definition) is 6. The van der Waals surface area contributed by atoms with Crippen LogP contribution in [0.4, 0.5) is 10.3 Å². The predicted molar refractivity (Wildman–Crippen MR) is 125 cm³/mol. The normalized spacial score (nSPS) is 22.1. The van der Waals surface area contributed by atoms with E-state index in [0.717, 1.165) is 30.4 Å². The van der Waals surface area contributed by atoms with Gasteiger partial charge in [-0.1, -0.05) is 18.2 Å². The van der Waals surface area contributed by atoms with Crippen LogP contribution in [-0.2, 0) is 9.47 Å². The van der Waals surface area contributed by atoms with E-state index in [-0.39, 0.29) is 29.4 Å². The highest BCUT2D eigenvalue weighted by Gasteiger charge is 2.43. The first-order valence-electron chi connectivity index (χ1n) is 11.8. The molecule has 2 unspecified atom stereocenters. The van der Waals surface area contributed by atoms with E-state index in [1.807, 2.05) is 12.1 Å². The molecule has 2 aromatic carbocycles. The molecule has 6 rings (SSSR count). The zero-order chi connectivity index (χ0) is 23.4. The van der Waals surface area contributed by atoms with Crippen molar-refractivity contribution in [3.05, 3.63) is 69.3 Å². The number of nitrogens with zero attached hydrogens (tertiary/aromatic N) is 3. The maximum Gasteiger partial charge on any atom is 0.338 e. The Kier molecular flexibility index (Phi) is 5.13. The summed E-state index contributed by atoms with van der Waals surface area (Å²) >= 11 is 0. The summed E-state index contributed by atoms with van der Waals surface area (Å²) in [4.78, 5) is 33.0. The van der Waals surface area contributed by atoms with E-state index in [1.54, 1.807) is 16.7 Å². The van der Waals surface area contributed by atoms with Crippen LogP contribution in [-0.4, -0.2) is 48.9 Å². The first kappa shape index (κ1) is 21.3. The summed E-state index contributed by atoms with van der Waals surface area (Å²) < 4.78 is 27.0. The number of carbonyl (C=O) groups is 1. The standard InChI is InChI=1S/C26H26FN3O4/c1-33-25(32)18-5-3-2-4-17(18)19-14-20(19)21-12-15(27)13-22-23(21)28-26(29-8-10-34-11-9-29)30(24(22)31)16-6-7-16/h2-5,12-13,16,19-20H,6-11,14H2,1H3. The number of carbonyl (C=O) groups excluding carboxylic acids is 1. The van der Waals surface area contributed by atoms with Crippen molar-refractivity contribution < 1.29 is 18.7 Å². The Bertz CT molecular complexity index is 1340. The number of methoxy groups -OCH3 is 1. The average Bonchev–Trinajstić information content (AvgIpc) is 3.79. The highest BCUT2D eigenvalue weighted by Crippen LogP contribution is 2.56. The van der Waals surface area contributed by atoms with Gasteiger partial charge in [-0.2, -0.15) is 0 Å². The summed E-state index contributed by atoms with van der Waals surface area (Å²) in [6.45, 7) is 2.51. The van der Waals surface area contributed by atoms with Crippen molar-refractivity contribution in [2.45, 2.75) is 37.1 Å². The van der Waals surface area contributed by atoms with Crippen LogP contribution in [0.2, 0.25) is 0 Å². The van der Waals surface area contributed by atoms with Crippen molar-refractivity contribution in [3.63, 3.8) is 0 Å². The van der Waals surface area contributed by atoms with Gasteiger partial charge in [0.05, 0.1) is 36.8 Å². The molecule has 8 heteroatoms. The van der Waals surface area contributed by atoms with Crippen LogP contribution in [0.1, 0.15) is 58.6 Å². The van der Waals surface area contributed by atoms with Gasteiger partial charge in [-0.25, -0.2) is 14.2 Å². The minimum absolute atomic E-state index is 0.0229. The summed E-state index contributed by atoms with van der Waals surface area (Å²) in [5.74, 6) is -0.145. The van der Waals surface area contributed by atoms with Gasteiger partial charge in [0.15, 0.2) is 0 Å². The quantitative estimate of drug-likeness (QED) is 0.537. The molecule has 3 fully saturated rings. The molecule has 3 aliphatic rings. The molecule has 3 aromatic rings. The Hall–Kier alpha value is -3.26. The number of aromatic nitrogens is 2. The van der Waals surface area contributed by atoms with Gasteiger partial charge >= 0.3 is 5.97 Å². The number of halogens is 1. The Labute approximate surface area is 196 Å². The molecule has 0 spiro atoms. The fraction of sp³-hybridized carbons (Fsp3) is 0.423. The molecule has 0 bridgehead atoms. The van der Waals surface area contributed by atoms with Gasteiger partial charge in [0.1, 0.15) is 5.82 Å². The van der Waals surface area contributed by atoms with Gasteiger partial charge in [-0.3, -0.25) is 9.36 Å². The Morgan fingerprint density at radius 3 is 2.59 bits per heavy atom. The molecule has 1 aliphatic heterocycles. The second-order valence-electron chi connectivity index (χ2n) is 9.34. The lowest BCUT2D eigenvalue weighted by Gasteiger charge is -2.30. The molecule has 2 aliphatic carbocycles.